The molecule has 1 N–H and O–H groups in total. The van der Waals surface area contributed by atoms with E-state index in [1.54, 1.807) is 7.11 Å². The molecule has 1 aromatic heterocycles. The Bertz CT molecular complexity index is 279. The van der Waals surface area contributed by atoms with Gasteiger partial charge >= 0.3 is 0 Å². The van der Waals surface area contributed by atoms with Gasteiger partial charge in [0.05, 0.1) is 0 Å². The summed E-state index contributed by atoms with van der Waals surface area (Å²) in [4.78, 5) is 4.02. The minimum Gasteiger partial charge on any atom is -0.373 e. The Morgan fingerprint density at radius 1 is 1.46 bits per heavy atom. The molecule has 1 unspecified atom stereocenters. The number of methoxy groups -OCH3 is 1. The van der Waals surface area contributed by atoms with Crippen molar-refractivity contribution in [3.05, 3.63) is 11.1 Å². The van der Waals surface area contributed by atoms with Crippen LogP contribution in [0.1, 0.15) is 32.7 Å². The van der Waals surface area contributed by atoms with Gasteiger partial charge in [0, 0.05) is 7.11 Å². The first-order valence-corrected chi connectivity index (χ1v) is 4.43. The molecule has 0 fully saturated rings. The van der Waals surface area contributed by atoms with Gasteiger partial charge in [-0.2, -0.15) is 4.98 Å². The molecule has 0 saturated heterocycles. The Morgan fingerprint density at radius 2 is 2.08 bits per heavy atom. The molecule has 0 aliphatic rings. The number of hydrogen-bond donors (Lipinski definition) is 1. The Balaban J connectivity index is 2.91. The molecule has 0 spiro atoms. The van der Waals surface area contributed by atoms with E-state index in [-0.39, 0.29) is 16.8 Å². The summed E-state index contributed by atoms with van der Waals surface area (Å²) in [5, 5.41) is 6.72. The van der Waals surface area contributed by atoms with E-state index in [1.165, 1.54) is 0 Å². The lowest BCUT2D eigenvalue weighted by atomic mass is 9.88. The van der Waals surface area contributed by atoms with Crippen molar-refractivity contribution in [2.45, 2.75) is 26.9 Å². The summed E-state index contributed by atoms with van der Waals surface area (Å²) in [6, 6.07) is 0. The Morgan fingerprint density at radius 3 is 2.38 bits per heavy atom. The summed E-state index contributed by atoms with van der Waals surface area (Å²) in [5.41, 5.74) is -0.0301. The highest BCUT2D eigenvalue weighted by Gasteiger charge is 2.28. The van der Waals surface area contributed by atoms with Crippen LogP contribution < -0.4 is 0 Å². The fourth-order valence-corrected chi connectivity index (χ4v) is 1.38. The fraction of sp³-hybridized carbons (Fsp3) is 0.750. The molecule has 4 nitrogen and oxygen atoms in total. The molecule has 1 atom stereocenters. The van der Waals surface area contributed by atoms with Gasteiger partial charge in [0.25, 0.3) is 0 Å². The lowest BCUT2D eigenvalue weighted by molar-refractivity contribution is 0.00893. The second-order valence-electron chi connectivity index (χ2n) is 3.97. The third-order valence-electron chi connectivity index (χ3n) is 1.75. The van der Waals surface area contributed by atoms with Crippen molar-refractivity contribution in [1.82, 2.24) is 15.2 Å². The van der Waals surface area contributed by atoms with Gasteiger partial charge in [-0.15, -0.1) is 5.10 Å². The second-order valence-corrected chi connectivity index (χ2v) is 4.31. The van der Waals surface area contributed by atoms with Crippen LogP contribution in [0.2, 0.25) is 5.28 Å². The van der Waals surface area contributed by atoms with Crippen molar-refractivity contribution in [2.75, 3.05) is 7.11 Å². The Kier molecular flexibility index (Phi) is 2.93. The normalized spacial score (nSPS) is 14.5. The molecule has 0 bridgehead atoms. The molecule has 5 heteroatoms. The molecule has 1 aromatic rings. The van der Waals surface area contributed by atoms with E-state index in [1.807, 2.05) is 0 Å². The average Bonchev–Trinajstić information content (AvgIpc) is 2.34. The van der Waals surface area contributed by atoms with Crippen molar-refractivity contribution in [3.63, 3.8) is 0 Å². The molecule has 0 aliphatic carbocycles. The number of hydrogen-bond acceptors (Lipinski definition) is 3. The maximum atomic E-state index is 5.60. The van der Waals surface area contributed by atoms with Gasteiger partial charge in [-0.05, 0) is 17.0 Å². The Hall–Kier alpha value is -0.610. The minimum absolute atomic E-state index is 0.0301. The van der Waals surface area contributed by atoms with E-state index in [4.69, 9.17) is 16.3 Å². The summed E-state index contributed by atoms with van der Waals surface area (Å²) >= 11 is 5.60. The molecule has 1 heterocycles. The fourth-order valence-electron chi connectivity index (χ4n) is 1.25. The SMILES string of the molecule is COC(c1nc(Cl)n[nH]1)C(C)(C)C. The molecule has 13 heavy (non-hydrogen) atoms. The van der Waals surface area contributed by atoms with Gasteiger partial charge < -0.3 is 4.74 Å². The zero-order chi connectivity index (χ0) is 10.1. The topological polar surface area (TPSA) is 50.8 Å². The molecule has 1 rings (SSSR count). The van der Waals surface area contributed by atoms with Gasteiger partial charge in [0.15, 0.2) is 5.82 Å². The van der Waals surface area contributed by atoms with E-state index in [2.05, 4.69) is 36.0 Å². The van der Waals surface area contributed by atoms with Crippen LogP contribution in [0.4, 0.5) is 0 Å². The molecule has 0 radical (unpaired) electrons. The van der Waals surface area contributed by atoms with Crippen LogP contribution in [0.3, 0.4) is 0 Å². The highest BCUT2D eigenvalue weighted by molar-refractivity contribution is 6.28. The summed E-state index contributed by atoms with van der Waals surface area (Å²) in [7, 11) is 1.65. The van der Waals surface area contributed by atoms with Gasteiger partial charge in [-0.1, -0.05) is 20.8 Å². The van der Waals surface area contributed by atoms with Crippen molar-refractivity contribution in [3.8, 4) is 0 Å². The summed E-state index contributed by atoms with van der Waals surface area (Å²) in [5.74, 6) is 0.667. The highest BCUT2D eigenvalue weighted by Crippen LogP contribution is 2.33. The third kappa shape index (κ3) is 2.42. The number of rotatable bonds is 2. The number of H-pyrrole nitrogens is 1. The first-order valence-electron chi connectivity index (χ1n) is 4.05. The van der Waals surface area contributed by atoms with Crippen LogP contribution in [0, 0.1) is 5.41 Å². The monoisotopic (exact) mass is 203 g/mol. The van der Waals surface area contributed by atoms with Crippen molar-refractivity contribution >= 4 is 11.6 Å². The zero-order valence-electron chi connectivity index (χ0n) is 8.26. The first kappa shape index (κ1) is 10.5. The zero-order valence-corrected chi connectivity index (χ0v) is 9.01. The summed E-state index contributed by atoms with van der Waals surface area (Å²) < 4.78 is 5.32. The third-order valence-corrected chi connectivity index (χ3v) is 1.92. The maximum Gasteiger partial charge on any atom is 0.242 e. The molecular weight excluding hydrogens is 190 g/mol. The van der Waals surface area contributed by atoms with Gasteiger partial charge in [0.2, 0.25) is 5.28 Å². The molecule has 0 aliphatic heterocycles. The molecule has 0 saturated carbocycles. The van der Waals surface area contributed by atoms with E-state index in [0.29, 0.717) is 5.82 Å². The van der Waals surface area contributed by atoms with Gasteiger partial charge in [0.1, 0.15) is 6.10 Å². The van der Waals surface area contributed by atoms with Crippen molar-refractivity contribution in [1.29, 1.82) is 0 Å². The van der Waals surface area contributed by atoms with Crippen LogP contribution >= 0.6 is 11.6 Å². The number of aromatic nitrogens is 3. The number of halogens is 1. The second kappa shape index (κ2) is 3.64. The van der Waals surface area contributed by atoms with Crippen LogP contribution in [0.5, 0.6) is 0 Å². The van der Waals surface area contributed by atoms with Crippen molar-refractivity contribution < 1.29 is 4.74 Å². The summed E-state index contributed by atoms with van der Waals surface area (Å²) in [6.07, 6.45) is -0.118. The standard InChI is InChI=1S/C8H14ClN3O/c1-8(2,3)5(13-4)6-10-7(9)12-11-6/h5H,1-4H3,(H,10,11,12). The quantitative estimate of drug-likeness (QED) is 0.802. The largest absolute Gasteiger partial charge is 0.373 e. The minimum atomic E-state index is -0.118. The van der Waals surface area contributed by atoms with Crippen molar-refractivity contribution in [2.24, 2.45) is 5.41 Å². The van der Waals surface area contributed by atoms with Crippen LogP contribution in [-0.2, 0) is 4.74 Å². The van der Waals surface area contributed by atoms with Crippen LogP contribution in [-0.4, -0.2) is 22.3 Å². The van der Waals surface area contributed by atoms with Gasteiger partial charge in [-0.3, -0.25) is 5.10 Å². The molecule has 74 valence electrons. The molecular formula is C8H14ClN3O. The van der Waals surface area contributed by atoms with Crippen LogP contribution in [0.15, 0.2) is 0 Å². The predicted octanol–water partition coefficient (Wildman–Crippen LogP) is 2.19. The van der Waals surface area contributed by atoms with E-state index < -0.39 is 0 Å². The first-order chi connectivity index (χ1) is 5.95. The van der Waals surface area contributed by atoms with E-state index in [9.17, 15) is 0 Å². The average molecular weight is 204 g/mol. The number of ether oxygens (including phenoxy) is 1. The lowest BCUT2D eigenvalue weighted by Crippen LogP contribution is -2.21. The predicted molar refractivity (Wildman–Crippen MR) is 50.6 cm³/mol. The Labute approximate surface area is 82.7 Å². The molecule has 0 amide bonds. The highest BCUT2D eigenvalue weighted by atomic mass is 35.5. The van der Waals surface area contributed by atoms with Crippen LogP contribution in [0.25, 0.3) is 0 Å². The maximum absolute atomic E-state index is 5.60. The van der Waals surface area contributed by atoms with Gasteiger partial charge in [-0.25, -0.2) is 0 Å². The number of aromatic amines is 1. The van der Waals surface area contributed by atoms with E-state index in [0.717, 1.165) is 0 Å². The lowest BCUT2D eigenvalue weighted by Gasteiger charge is -2.26. The van der Waals surface area contributed by atoms with E-state index >= 15 is 0 Å². The number of nitrogens with zero attached hydrogens (tertiary/aromatic N) is 2. The smallest absolute Gasteiger partial charge is 0.242 e. The number of nitrogens with one attached hydrogen (secondary N) is 1. The molecule has 0 aromatic carbocycles. The summed E-state index contributed by atoms with van der Waals surface area (Å²) in [6.45, 7) is 6.20.